The minimum atomic E-state index is -2.07. The van der Waals surface area contributed by atoms with Crippen molar-refractivity contribution in [3.05, 3.63) is 0 Å². The molecule has 0 radical (unpaired) electrons. The zero-order valence-corrected chi connectivity index (χ0v) is 30.3. The van der Waals surface area contributed by atoms with E-state index in [-0.39, 0.29) is 12.0 Å². The first-order chi connectivity index (χ1) is 23.1. The van der Waals surface area contributed by atoms with Crippen LogP contribution in [-0.2, 0) is 52.4 Å². The SMILES string of the molecule is CC(=O)O[C@H]1[C@@H](C)[C@H]2[C@H]([C@@H]3[C@@H](OC(=O)C(C)C)[C@@H]4[C@H]([C@H](C)[C@H]5O[C@]56OC(=O)[C@@](C)(O)[C@]46C)[C@]31C)[C@@H](O)C(=O)[C@H]1C[C@@H]3O[C@@H]3[C@H](OC(C)=O)[C@]21C. The van der Waals surface area contributed by atoms with Crippen molar-refractivity contribution in [1.82, 2.24) is 0 Å². The third kappa shape index (κ3) is 3.70. The van der Waals surface area contributed by atoms with Crippen LogP contribution in [0.3, 0.4) is 0 Å². The molecule has 3 heterocycles. The van der Waals surface area contributed by atoms with E-state index in [0.717, 1.165) is 0 Å². The number of aliphatic hydroxyl groups excluding tert-OH is 1. The van der Waals surface area contributed by atoms with Gasteiger partial charge in [-0.05, 0) is 43.9 Å². The number of carbonyl (C=O) groups excluding carboxylic acids is 5. The topological polar surface area (TPSA) is 188 Å². The normalized spacial score (nSPS) is 57.8. The molecule has 3 saturated heterocycles. The predicted molar refractivity (Wildman–Crippen MR) is 168 cm³/mol. The molecule has 0 aromatic heterocycles. The molecular formula is C37H50O13. The van der Waals surface area contributed by atoms with Gasteiger partial charge in [0.15, 0.2) is 11.4 Å². The highest BCUT2D eigenvalue weighted by atomic mass is 16.8. The second-order valence-electron chi connectivity index (χ2n) is 17.9. The average molecular weight is 703 g/mol. The average Bonchev–Trinajstić information content (AvgIpc) is 3.92. The van der Waals surface area contributed by atoms with Crippen LogP contribution in [-0.4, -0.2) is 94.0 Å². The lowest BCUT2D eigenvalue weighted by Crippen LogP contribution is -2.72. The molecule has 8 fully saturated rings. The molecule has 0 unspecified atom stereocenters. The molecule has 2 N–H and O–H groups in total. The van der Waals surface area contributed by atoms with Crippen LogP contribution < -0.4 is 0 Å². The monoisotopic (exact) mass is 702 g/mol. The third-order valence-electron chi connectivity index (χ3n) is 15.5. The molecule has 8 aliphatic rings. The van der Waals surface area contributed by atoms with Gasteiger partial charge in [-0.3, -0.25) is 19.2 Å². The first kappa shape index (κ1) is 34.5. The standard InChI is InChI=1S/C37H50O13/c1-12(2)31(42)48-27-22-19-20(33(7)17(24(40)25(19)41)11-18-26(47-18)30(33)46-16(6)39)13(3)28(45-15(5)38)34(22,8)21-14(4)29-37(49-29)35(9,23(21)27)36(10,44)32(43)50-37/h12-14,17-23,25-30,41,44H,11H2,1-10H3/t13-,14-,17+,18-,19+,20-,21-,22+,23-,25+,26-,27+,28-,29+,30-,33-,34+,35-,36+,37-/m0/s1. The number of carbonyl (C=O) groups is 5. The number of hydrogen-bond acceptors (Lipinski definition) is 13. The van der Waals surface area contributed by atoms with Gasteiger partial charge in [0.1, 0.15) is 36.6 Å². The summed E-state index contributed by atoms with van der Waals surface area (Å²) in [5.74, 6) is -9.98. The Morgan fingerprint density at radius 3 is 2.08 bits per heavy atom. The number of ketones is 1. The summed E-state index contributed by atoms with van der Waals surface area (Å²) in [5.41, 5.74) is -5.64. The van der Waals surface area contributed by atoms with Crippen molar-refractivity contribution in [3.63, 3.8) is 0 Å². The smallest absolute Gasteiger partial charge is 0.341 e. The van der Waals surface area contributed by atoms with E-state index >= 15 is 0 Å². The van der Waals surface area contributed by atoms with Crippen LogP contribution in [0.4, 0.5) is 0 Å². The fourth-order valence-corrected chi connectivity index (χ4v) is 13.5. The second-order valence-corrected chi connectivity index (χ2v) is 17.9. The number of fused-ring (bicyclic) bond motifs is 9. The lowest BCUT2D eigenvalue weighted by Gasteiger charge is -2.65. The van der Waals surface area contributed by atoms with Gasteiger partial charge in [0.25, 0.3) is 0 Å². The number of epoxide rings is 2. The molecule has 13 nitrogen and oxygen atoms in total. The van der Waals surface area contributed by atoms with Gasteiger partial charge in [0.2, 0.25) is 5.79 Å². The first-order valence-corrected chi connectivity index (χ1v) is 18.2. The molecule has 3 aliphatic heterocycles. The Kier molecular flexibility index (Phi) is 6.95. The van der Waals surface area contributed by atoms with Crippen molar-refractivity contribution >= 4 is 29.7 Å². The molecule has 5 aliphatic carbocycles. The molecule has 0 bridgehead atoms. The van der Waals surface area contributed by atoms with Gasteiger partial charge in [-0.2, -0.15) is 0 Å². The largest absolute Gasteiger partial charge is 0.462 e. The Bertz CT molecular complexity index is 1590. The van der Waals surface area contributed by atoms with Gasteiger partial charge >= 0.3 is 23.9 Å². The maximum atomic E-state index is 14.6. The zero-order chi connectivity index (χ0) is 36.6. The van der Waals surface area contributed by atoms with Crippen LogP contribution in [0, 0.1) is 69.5 Å². The van der Waals surface area contributed by atoms with Crippen LogP contribution in [0.2, 0.25) is 0 Å². The summed E-state index contributed by atoms with van der Waals surface area (Å²) < 4.78 is 37.2. The molecule has 50 heavy (non-hydrogen) atoms. The lowest BCUT2D eigenvalue weighted by atomic mass is 9.39. The highest BCUT2D eigenvalue weighted by molar-refractivity contribution is 5.88. The van der Waals surface area contributed by atoms with E-state index < -0.39 is 141 Å². The maximum Gasteiger partial charge on any atom is 0.341 e. The van der Waals surface area contributed by atoms with Crippen LogP contribution in [0.5, 0.6) is 0 Å². The zero-order valence-electron chi connectivity index (χ0n) is 30.3. The summed E-state index contributed by atoms with van der Waals surface area (Å²) in [5, 5.41) is 24.5. The van der Waals surface area contributed by atoms with Crippen molar-refractivity contribution in [3.8, 4) is 0 Å². The molecule has 276 valence electrons. The van der Waals surface area contributed by atoms with E-state index in [2.05, 4.69) is 0 Å². The quantitative estimate of drug-likeness (QED) is 0.246. The van der Waals surface area contributed by atoms with Crippen molar-refractivity contribution < 1.29 is 62.6 Å². The summed E-state index contributed by atoms with van der Waals surface area (Å²) in [6.07, 6.45) is -5.21. The third-order valence-corrected chi connectivity index (χ3v) is 15.5. The van der Waals surface area contributed by atoms with Crippen LogP contribution in [0.25, 0.3) is 0 Å². The Morgan fingerprint density at radius 2 is 1.48 bits per heavy atom. The van der Waals surface area contributed by atoms with Gasteiger partial charge in [-0.1, -0.05) is 41.5 Å². The number of aliphatic hydroxyl groups is 2. The summed E-state index contributed by atoms with van der Waals surface area (Å²) >= 11 is 0. The molecule has 13 heteroatoms. The lowest BCUT2D eigenvalue weighted by molar-refractivity contribution is -0.253. The van der Waals surface area contributed by atoms with E-state index in [1.807, 2.05) is 27.7 Å². The Hall–Kier alpha value is -2.61. The second kappa shape index (κ2) is 10.1. The van der Waals surface area contributed by atoms with Crippen LogP contribution in [0.15, 0.2) is 0 Å². The van der Waals surface area contributed by atoms with Crippen molar-refractivity contribution in [2.75, 3.05) is 0 Å². The summed E-state index contributed by atoms with van der Waals surface area (Å²) in [4.78, 5) is 67.6. The minimum Gasteiger partial charge on any atom is -0.462 e. The number of ether oxygens (including phenoxy) is 6. The summed E-state index contributed by atoms with van der Waals surface area (Å²) in [7, 11) is 0. The fourth-order valence-electron chi connectivity index (χ4n) is 13.5. The first-order valence-electron chi connectivity index (χ1n) is 18.2. The summed E-state index contributed by atoms with van der Waals surface area (Å²) in [6.45, 7) is 17.0. The van der Waals surface area contributed by atoms with Gasteiger partial charge in [-0.15, -0.1) is 0 Å². The molecule has 1 spiro atoms. The van der Waals surface area contributed by atoms with Gasteiger partial charge < -0.3 is 38.6 Å². The molecule has 8 rings (SSSR count). The van der Waals surface area contributed by atoms with Crippen LogP contribution >= 0.6 is 0 Å². The van der Waals surface area contributed by atoms with E-state index in [1.54, 1.807) is 20.8 Å². The predicted octanol–water partition coefficient (Wildman–Crippen LogP) is 1.96. The van der Waals surface area contributed by atoms with E-state index in [4.69, 9.17) is 28.4 Å². The van der Waals surface area contributed by atoms with Crippen molar-refractivity contribution in [2.24, 2.45) is 69.5 Å². The molecular weight excluding hydrogens is 652 g/mol. The van der Waals surface area contributed by atoms with Gasteiger partial charge in [0, 0.05) is 48.3 Å². The van der Waals surface area contributed by atoms with Crippen molar-refractivity contribution in [2.45, 2.75) is 130 Å². The Morgan fingerprint density at radius 1 is 0.860 bits per heavy atom. The molecule has 5 saturated carbocycles. The number of esters is 4. The number of Topliss-reactive ketones (excluding diaryl/α,β-unsaturated/α-hetero) is 1. The van der Waals surface area contributed by atoms with E-state index in [9.17, 15) is 34.2 Å². The molecule has 0 aromatic carbocycles. The molecule has 20 atom stereocenters. The maximum absolute atomic E-state index is 14.6. The van der Waals surface area contributed by atoms with Crippen molar-refractivity contribution in [1.29, 1.82) is 0 Å². The Balaban J connectivity index is 1.39. The number of rotatable bonds is 4. The highest BCUT2D eigenvalue weighted by Crippen LogP contribution is 2.81. The van der Waals surface area contributed by atoms with Gasteiger partial charge in [0.05, 0.1) is 17.4 Å². The molecule has 0 aromatic rings. The fraction of sp³-hybridized carbons (Fsp3) is 0.865. The van der Waals surface area contributed by atoms with E-state index in [0.29, 0.717) is 6.42 Å². The van der Waals surface area contributed by atoms with E-state index in [1.165, 1.54) is 20.8 Å². The highest BCUT2D eigenvalue weighted by Gasteiger charge is 2.93. The van der Waals surface area contributed by atoms with Gasteiger partial charge in [-0.25, -0.2) is 4.79 Å². The minimum absolute atomic E-state index is 0.293. The van der Waals surface area contributed by atoms with Crippen LogP contribution in [0.1, 0.15) is 75.7 Å². The molecule has 0 amide bonds. The number of hydrogen-bond donors (Lipinski definition) is 2. The summed E-state index contributed by atoms with van der Waals surface area (Å²) in [6, 6.07) is 0. The Labute approximate surface area is 291 Å².